The second-order valence-electron chi connectivity index (χ2n) is 8.58. The van der Waals surface area contributed by atoms with E-state index in [9.17, 15) is 22.8 Å². The van der Waals surface area contributed by atoms with Crippen LogP contribution < -0.4 is 14.9 Å². The average Bonchev–Trinajstić information content (AvgIpc) is 2.72. The fourth-order valence-corrected chi connectivity index (χ4v) is 3.94. The molecule has 0 heterocycles. The SMILES string of the molecule is Cc1ccc(N(C)S(=O)(=O)c2cccc(C(=O)OC(C)C(=O)NC(=O)NC(C)(C)C)c2)cc1. The first kappa shape index (κ1) is 25.9. The van der Waals surface area contributed by atoms with Crippen LogP contribution in [-0.2, 0) is 19.6 Å². The van der Waals surface area contributed by atoms with Crippen molar-refractivity contribution in [2.45, 2.75) is 51.2 Å². The number of sulfonamides is 1. The molecule has 0 aliphatic carbocycles. The Morgan fingerprint density at radius 3 is 2.21 bits per heavy atom. The lowest BCUT2D eigenvalue weighted by Gasteiger charge is -2.21. The number of nitrogens with one attached hydrogen (secondary N) is 2. The molecule has 178 valence electrons. The van der Waals surface area contributed by atoms with Gasteiger partial charge < -0.3 is 10.1 Å². The normalized spacial score (nSPS) is 12.4. The molecule has 0 spiro atoms. The first-order valence-corrected chi connectivity index (χ1v) is 11.6. The van der Waals surface area contributed by atoms with E-state index < -0.39 is 39.6 Å². The molecule has 3 amide bonds. The fourth-order valence-electron chi connectivity index (χ4n) is 2.70. The van der Waals surface area contributed by atoms with Gasteiger partial charge in [0.05, 0.1) is 16.1 Å². The molecular formula is C23H29N3O6S. The number of esters is 1. The summed E-state index contributed by atoms with van der Waals surface area (Å²) < 4.78 is 32.3. The van der Waals surface area contributed by atoms with Crippen molar-refractivity contribution in [2.24, 2.45) is 0 Å². The molecule has 0 radical (unpaired) electrons. The number of ether oxygens (including phenoxy) is 1. The van der Waals surface area contributed by atoms with Crippen LogP contribution in [0.4, 0.5) is 10.5 Å². The first-order chi connectivity index (χ1) is 15.2. The molecule has 2 aromatic carbocycles. The smallest absolute Gasteiger partial charge is 0.338 e. The Kier molecular flexibility index (Phi) is 7.86. The molecule has 0 aliphatic heterocycles. The lowest BCUT2D eigenvalue weighted by atomic mass is 10.1. The number of carbonyl (C=O) groups is 3. The number of urea groups is 1. The molecule has 33 heavy (non-hydrogen) atoms. The van der Waals surface area contributed by atoms with Crippen molar-refractivity contribution in [2.75, 3.05) is 11.4 Å². The molecule has 0 aliphatic rings. The summed E-state index contributed by atoms with van der Waals surface area (Å²) in [6.45, 7) is 8.45. The molecule has 0 bridgehead atoms. The number of aryl methyl sites for hydroxylation is 1. The van der Waals surface area contributed by atoms with E-state index in [2.05, 4.69) is 10.6 Å². The Hall–Kier alpha value is -3.40. The predicted molar refractivity (Wildman–Crippen MR) is 125 cm³/mol. The van der Waals surface area contributed by atoms with Crippen molar-refractivity contribution in [3.8, 4) is 0 Å². The molecule has 9 nitrogen and oxygen atoms in total. The Balaban J connectivity index is 2.13. The number of rotatable bonds is 6. The Morgan fingerprint density at radius 1 is 1.03 bits per heavy atom. The van der Waals surface area contributed by atoms with Crippen LogP contribution in [0.2, 0.25) is 0 Å². The number of anilines is 1. The van der Waals surface area contributed by atoms with Gasteiger partial charge in [-0.15, -0.1) is 0 Å². The van der Waals surface area contributed by atoms with Crippen LogP contribution in [0.3, 0.4) is 0 Å². The largest absolute Gasteiger partial charge is 0.449 e. The van der Waals surface area contributed by atoms with Crippen molar-refractivity contribution in [3.05, 3.63) is 59.7 Å². The molecule has 0 saturated carbocycles. The maximum Gasteiger partial charge on any atom is 0.338 e. The summed E-state index contributed by atoms with van der Waals surface area (Å²) in [5.74, 6) is -1.71. The predicted octanol–water partition coefficient (Wildman–Crippen LogP) is 2.99. The van der Waals surface area contributed by atoms with Gasteiger partial charge in [-0.1, -0.05) is 23.8 Å². The van der Waals surface area contributed by atoms with Crippen LogP contribution in [0.15, 0.2) is 53.4 Å². The molecule has 0 fully saturated rings. The zero-order valence-corrected chi connectivity index (χ0v) is 20.3. The van der Waals surface area contributed by atoms with Gasteiger partial charge in [0.2, 0.25) is 0 Å². The minimum atomic E-state index is -3.95. The van der Waals surface area contributed by atoms with Gasteiger partial charge in [-0.05, 0) is 65.0 Å². The topological polar surface area (TPSA) is 122 Å². The molecule has 2 aromatic rings. The van der Waals surface area contributed by atoms with Crippen LogP contribution >= 0.6 is 0 Å². The van der Waals surface area contributed by atoms with Gasteiger partial charge in [0.25, 0.3) is 15.9 Å². The Labute approximate surface area is 194 Å². The summed E-state index contributed by atoms with van der Waals surface area (Å²) in [5.41, 5.74) is 0.852. The second kappa shape index (κ2) is 10.0. The summed E-state index contributed by atoms with van der Waals surface area (Å²) in [5, 5.41) is 4.66. The number of hydrogen-bond donors (Lipinski definition) is 2. The highest BCUT2D eigenvalue weighted by Gasteiger charge is 2.25. The molecule has 2 N–H and O–H groups in total. The van der Waals surface area contributed by atoms with E-state index in [1.165, 1.54) is 38.2 Å². The molecule has 10 heteroatoms. The molecular weight excluding hydrogens is 446 g/mol. The lowest BCUT2D eigenvalue weighted by molar-refractivity contribution is -0.127. The Bertz CT molecular complexity index is 1140. The number of amides is 3. The van der Waals surface area contributed by atoms with Crippen molar-refractivity contribution in [1.29, 1.82) is 0 Å². The van der Waals surface area contributed by atoms with E-state index in [4.69, 9.17) is 4.74 Å². The number of carbonyl (C=O) groups excluding carboxylic acids is 3. The van der Waals surface area contributed by atoms with Crippen molar-refractivity contribution >= 4 is 33.6 Å². The summed E-state index contributed by atoms with van der Waals surface area (Å²) >= 11 is 0. The van der Waals surface area contributed by atoms with Crippen molar-refractivity contribution in [3.63, 3.8) is 0 Å². The van der Waals surface area contributed by atoms with E-state index in [1.54, 1.807) is 45.0 Å². The third-order valence-electron chi connectivity index (χ3n) is 4.50. The molecule has 2 rings (SSSR count). The third kappa shape index (κ3) is 7.04. The van der Waals surface area contributed by atoms with E-state index in [0.29, 0.717) is 5.69 Å². The number of hydrogen-bond acceptors (Lipinski definition) is 6. The van der Waals surface area contributed by atoms with Gasteiger partial charge in [-0.25, -0.2) is 18.0 Å². The number of nitrogens with zero attached hydrogens (tertiary/aromatic N) is 1. The van der Waals surface area contributed by atoms with Crippen LogP contribution in [0.5, 0.6) is 0 Å². The van der Waals surface area contributed by atoms with E-state index in [1.807, 2.05) is 6.92 Å². The van der Waals surface area contributed by atoms with Crippen molar-refractivity contribution in [1.82, 2.24) is 10.6 Å². The van der Waals surface area contributed by atoms with Gasteiger partial charge in [0.15, 0.2) is 6.10 Å². The zero-order chi connectivity index (χ0) is 25.0. The monoisotopic (exact) mass is 475 g/mol. The highest BCUT2D eigenvalue weighted by atomic mass is 32.2. The molecule has 1 atom stereocenters. The summed E-state index contributed by atoms with van der Waals surface area (Å²) in [4.78, 5) is 36.4. The van der Waals surface area contributed by atoms with Crippen molar-refractivity contribution < 1.29 is 27.5 Å². The lowest BCUT2D eigenvalue weighted by Crippen LogP contribution is -2.50. The van der Waals surface area contributed by atoms with Gasteiger partial charge in [0.1, 0.15) is 0 Å². The van der Waals surface area contributed by atoms with Crippen LogP contribution in [0, 0.1) is 6.92 Å². The van der Waals surface area contributed by atoms with E-state index >= 15 is 0 Å². The molecule has 0 saturated heterocycles. The highest BCUT2D eigenvalue weighted by Crippen LogP contribution is 2.23. The standard InChI is InChI=1S/C23H29N3O6S/c1-15-10-12-18(13-11-15)26(6)33(30,31)19-9-7-8-17(14-19)21(28)32-16(2)20(27)24-22(29)25-23(3,4)5/h7-14,16H,1-6H3,(H2,24,25,27,29). The van der Waals surface area contributed by atoms with Crippen LogP contribution in [-0.4, -0.2) is 45.0 Å². The summed E-state index contributed by atoms with van der Waals surface area (Å²) in [7, 11) is -2.53. The fraction of sp³-hybridized carbons (Fsp3) is 0.348. The van der Waals surface area contributed by atoms with E-state index in [0.717, 1.165) is 9.87 Å². The summed E-state index contributed by atoms with van der Waals surface area (Å²) in [6, 6.07) is 11.6. The third-order valence-corrected chi connectivity index (χ3v) is 6.29. The van der Waals surface area contributed by atoms with Crippen LogP contribution in [0.1, 0.15) is 43.6 Å². The molecule has 0 aromatic heterocycles. The van der Waals surface area contributed by atoms with Gasteiger partial charge in [-0.3, -0.25) is 14.4 Å². The van der Waals surface area contributed by atoms with Gasteiger partial charge in [-0.2, -0.15) is 0 Å². The summed E-state index contributed by atoms with van der Waals surface area (Å²) in [6.07, 6.45) is -1.28. The quantitative estimate of drug-likeness (QED) is 0.620. The van der Waals surface area contributed by atoms with E-state index in [-0.39, 0.29) is 10.5 Å². The second-order valence-corrected chi connectivity index (χ2v) is 10.5. The van der Waals surface area contributed by atoms with Gasteiger partial charge in [0, 0.05) is 12.6 Å². The van der Waals surface area contributed by atoms with Gasteiger partial charge >= 0.3 is 12.0 Å². The van der Waals surface area contributed by atoms with Crippen LogP contribution in [0.25, 0.3) is 0 Å². The maximum absolute atomic E-state index is 13.0. The minimum Gasteiger partial charge on any atom is -0.449 e. The number of benzene rings is 2. The maximum atomic E-state index is 13.0. The minimum absolute atomic E-state index is 0.0489. The number of imide groups is 1. The molecule has 1 unspecified atom stereocenters. The Morgan fingerprint density at radius 2 is 1.64 bits per heavy atom. The first-order valence-electron chi connectivity index (χ1n) is 10.2. The average molecular weight is 476 g/mol. The highest BCUT2D eigenvalue weighted by molar-refractivity contribution is 7.92. The zero-order valence-electron chi connectivity index (χ0n) is 19.5.